The number of methoxy groups -OCH3 is 1. The van der Waals surface area contributed by atoms with Crippen molar-refractivity contribution in [2.24, 2.45) is 0 Å². The van der Waals surface area contributed by atoms with Crippen LogP contribution in [0.1, 0.15) is 19.8 Å². The summed E-state index contributed by atoms with van der Waals surface area (Å²) >= 11 is 0. The number of nitrogens with one attached hydrogen (secondary N) is 1. The van der Waals surface area contributed by atoms with Crippen LogP contribution in [0.15, 0.2) is 43.0 Å². The number of aliphatic hydroxyl groups excluding tert-OH is 1. The molecule has 1 saturated heterocycles. The molecule has 2 N–H and O–H groups in total. The summed E-state index contributed by atoms with van der Waals surface area (Å²) in [4.78, 5) is 48.5. The Morgan fingerprint density at radius 1 is 1.06 bits per heavy atom. The van der Waals surface area contributed by atoms with E-state index in [4.69, 9.17) is 28.4 Å². The van der Waals surface area contributed by atoms with Crippen molar-refractivity contribution in [1.29, 1.82) is 0 Å². The molecule has 1 amide bonds. The van der Waals surface area contributed by atoms with Crippen molar-refractivity contribution in [1.82, 2.24) is 0 Å². The molecule has 0 spiro atoms. The number of anilines is 1. The van der Waals surface area contributed by atoms with Gasteiger partial charge in [-0.1, -0.05) is 30.9 Å². The molecule has 2 rings (SSSR count). The zero-order valence-electron chi connectivity index (χ0n) is 19.4. The molecule has 0 saturated carbocycles. The minimum absolute atomic E-state index is 0.0912. The van der Waals surface area contributed by atoms with Crippen molar-refractivity contribution in [3.8, 4) is 0 Å². The summed E-state index contributed by atoms with van der Waals surface area (Å²) in [5, 5.41) is 12.4. The normalized spacial score (nSPS) is 23.5. The van der Waals surface area contributed by atoms with Crippen LogP contribution in [-0.4, -0.2) is 80.1 Å². The minimum atomic E-state index is -1.47. The van der Waals surface area contributed by atoms with E-state index < -0.39 is 55.5 Å². The summed E-state index contributed by atoms with van der Waals surface area (Å²) in [5.41, 5.74) is 0.417. The van der Waals surface area contributed by atoms with E-state index in [1.165, 1.54) is 20.1 Å². The summed E-state index contributed by atoms with van der Waals surface area (Å²) in [6, 6.07) is 8.37. The third-order valence-corrected chi connectivity index (χ3v) is 4.77. The Kier molecular flexibility index (Phi) is 11.1. The summed E-state index contributed by atoms with van der Waals surface area (Å²) in [7, 11) is 1.24. The molecule has 1 aromatic rings. The Balaban J connectivity index is 2.30. The number of aliphatic hydroxyl groups is 1. The van der Waals surface area contributed by atoms with Crippen LogP contribution < -0.4 is 5.32 Å². The van der Waals surface area contributed by atoms with Crippen LogP contribution in [-0.2, 0) is 38.0 Å². The number of carbonyl (C=O) groups excluding carboxylic acids is 4. The fourth-order valence-corrected chi connectivity index (χ4v) is 3.17. The average molecular weight is 495 g/mol. The fourth-order valence-electron chi connectivity index (χ4n) is 3.17. The van der Waals surface area contributed by atoms with Gasteiger partial charge in [-0.3, -0.25) is 10.1 Å². The highest BCUT2D eigenvalue weighted by molar-refractivity contribution is 5.84. The number of Topliss-reactive ketones (excluding diaryl/α,β-unsaturated/α-hetero) is 1. The monoisotopic (exact) mass is 495 g/mol. The van der Waals surface area contributed by atoms with Gasteiger partial charge in [0.15, 0.2) is 24.6 Å². The number of hydrogen-bond acceptors (Lipinski definition) is 11. The van der Waals surface area contributed by atoms with Gasteiger partial charge in [0, 0.05) is 19.2 Å². The second-order valence-electron chi connectivity index (χ2n) is 7.41. The molecule has 1 fully saturated rings. The van der Waals surface area contributed by atoms with Gasteiger partial charge in [0.05, 0.1) is 13.0 Å². The predicted octanol–water partition coefficient (Wildman–Crippen LogP) is 1.96. The van der Waals surface area contributed by atoms with Gasteiger partial charge in [0.25, 0.3) is 0 Å². The van der Waals surface area contributed by atoms with Crippen LogP contribution in [0.2, 0.25) is 0 Å². The lowest BCUT2D eigenvalue weighted by Gasteiger charge is -2.43. The van der Waals surface area contributed by atoms with Crippen molar-refractivity contribution >= 4 is 29.7 Å². The second kappa shape index (κ2) is 14.0. The van der Waals surface area contributed by atoms with Gasteiger partial charge in [0.2, 0.25) is 0 Å². The van der Waals surface area contributed by atoms with E-state index in [-0.39, 0.29) is 25.2 Å². The van der Waals surface area contributed by atoms with Gasteiger partial charge < -0.3 is 38.3 Å². The van der Waals surface area contributed by atoms with Gasteiger partial charge in [0.1, 0.15) is 18.5 Å². The summed E-state index contributed by atoms with van der Waals surface area (Å²) in [6.45, 7) is 3.92. The Hall–Kier alpha value is -3.48. The summed E-state index contributed by atoms with van der Waals surface area (Å²) in [5.74, 6) is -1.07. The standard InChI is InChI=1S/C23H29NO11/c1-4-12-31-23(29)35-20-19(33-17(27)11-10-14(2)26)18(16(13-25)32-21(20)30-3)34-22(28)24-15-8-6-5-7-9-15/h4-9,16,18-21,25H,1,10-13H2,2-3H3,(H,24,28)/t16-,18-,19+,20-,21+/m1/s1. The zero-order valence-corrected chi connectivity index (χ0v) is 19.4. The first-order valence-corrected chi connectivity index (χ1v) is 10.7. The number of ether oxygens (including phenoxy) is 6. The van der Waals surface area contributed by atoms with E-state index >= 15 is 0 Å². The van der Waals surface area contributed by atoms with Crippen LogP contribution in [0.25, 0.3) is 0 Å². The Morgan fingerprint density at radius 3 is 2.37 bits per heavy atom. The number of benzene rings is 1. The Bertz CT molecular complexity index is 875. The topological polar surface area (TPSA) is 156 Å². The van der Waals surface area contributed by atoms with Crippen molar-refractivity contribution < 1.29 is 52.7 Å². The van der Waals surface area contributed by atoms with Gasteiger partial charge in [-0.15, -0.1) is 0 Å². The first-order chi connectivity index (χ1) is 16.8. The highest BCUT2D eigenvalue weighted by Crippen LogP contribution is 2.30. The lowest BCUT2D eigenvalue weighted by Crippen LogP contribution is -2.63. The molecule has 1 aliphatic rings. The SMILES string of the molecule is C=CCOC(=O)O[C@H]1[C@@H](OC)O[C@H](CO)[C@@H](OC(=O)Nc2ccccc2)[C@@H]1OC(=O)CCC(C)=O. The number of esters is 1. The van der Waals surface area contributed by atoms with E-state index in [0.717, 1.165) is 0 Å². The maximum Gasteiger partial charge on any atom is 0.509 e. The first-order valence-electron chi connectivity index (χ1n) is 10.7. The first kappa shape index (κ1) is 27.8. The minimum Gasteiger partial charge on any atom is -0.454 e. The van der Waals surface area contributed by atoms with Crippen LogP contribution in [0.3, 0.4) is 0 Å². The van der Waals surface area contributed by atoms with Crippen molar-refractivity contribution in [2.45, 2.75) is 50.5 Å². The zero-order chi connectivity index (χ0) is 25.8. The van der Waals surface area contributed by atoms with E-state index in [1.807, 2.05) is 0 Å². The number of rotatable bonds is 11. The number of para-hydroxylation sites is 1. The summed E-state index contributed by atoms with van der Waals surface area (Å²) < 4.78 is 31.8. The van der Waals surface area contributed by atoms with Crippen LogP contribution >= 0.6 is 0 Å². The molecular formula is C23H29NO11. The van der Waals surface area contributed by atoms with Crippen molar-refractivity contribution in [2.75, 3.05) is 25.6 Å². The molecular weight excluding hydrogens is 466 g/mol. The quantitative estimate of drug-likeness (QED) is 0.263. The Morgan fingerprint density at radius 2 is 1.77 bits per heavy atom. The molecule has 35 heavy (non-hydrogen) atoms. The molecule has 1 aromatic carbocycles. The number of ketones is 1. The smallest absolute Gasteiger partial charge is 0.454 e. The van der Waals surface area contributed by atoms with Crippen molar-refractivity contribution in [3.63, 3.8) is 0 Å². The molecule has 5 atom stereocenters. The lowest BCUT2D eigenvalue weighted by molar-refractivity contribution is -0.297. The van der Waals surface area contributed by atoms with E-state index in [1.54, 1.807) is 30.3 Å². The van der Waals surface area contributed by atoms with Crippen LogP contribution in [0.4, 0.5) is 15.3 Å². The highest BCUT2D eigenvalue weighted by Gasteiger charge is 2.52. The predicted molar refractivity (Wildman–Crippen MR) is 119 cm³/mol. The lowest BCUT2D eigenvalue weighted by atomic mass is 9.98. The van der Waals surface area contributed by atoms with Gasteiger partial charge in [-0.2, -0.15) is 0 Å². The molecule has 192 valence electrons. The van der Waals surface area contributed by atoms with Gasteiger partial charge >= 0.3 is 18.2 Å². The average Bonchev–Trinajstić information content (AvgIpc) is 2.84. The third-order valence-electron chi connectivity index (χ3n) is 4.77. The van der Waals surface area contributed by atoms with E-state index in [9.17, 15) is 24.3 Å². The fraction of sp³-hybridized carbons (Fsp3) is 0.478. The highest BCUT2D eigenvalue weighted by atomic mass is 16.8. The molecule has 0 bridgehead atoms. The second-order valence-corrected chi connectivity index (χ2v) is 7.41. The Labute approximate surface area is 202 Å². The maximum absolute atomic E-state index is 12.6. The maximum atomic E-state index is 12.6. The van der Waals surface area contributed by atoms with Gasteiger partial charge in [-0.25, -0.2) is 9.59 Å². The molecule has 0 unspecified atom stereocenters. The van der Waals surface area contributed by atoms with E-state index in [2.05, 4.69) is 11.9 Å². The number of hydrogen-bond donors (Lipinski definition) is 2. The number of carbonyl (C=O) groups is 4. The largest absolute Gasteiger partial charge is 0.509 e. The van der Waals surface area contributed by atoms with Crippen LogP contribution in [0, 0.1) is 0 Å². The van der Waals surface area contributed by atoms with Crippen molar-refractivity contribution in [3.05, 3.63) is 43.0 Å². The molecule has 0 aliphatic carbocycles. The molecule has 1 aliphatic heterocycles. The summed E-state index contributed by atoms with van der Waals surface area (Å²) in [6.07, 6.45) is -8.02. The van der Waals surface area contributed by atoms with Crippen LogP contribution in [0.5, 0.6) is 0 Å². The molecule has 0 aromatic heterocycles. The van der Waals surface area contributed by atoms with Gasteiger partial charge in [-0.05, 0) is 19.1 Å². The third kappa shape index (κ3) is 8.67. The molecule has 12 heteroatoms. The molecule has 12 nitrogen and oxygen atoms in total. The van der Waals surface area contributed by atoms with E-state index in [0.29, 0.717) is 5.69 Å². The number of amides is 1. The molecule has 0 radical (unpaired) electrons. The molecule has 1 heterocycles.